The maximum Gasteiger partial charge on any atom is 0.409 e. The Morgan fingerprint density at radius 3 is 2.17 bits per heavy atom. The number of rotatable bonds is 1. The molecule has 1 rings (SSSR count). The van der Waals surface area contributed by atoms with Crippen LogP contribution in [0.3, 0.4) is 0 Å². The highest BCUT2D eigenvalue weighted by Crippen LogP contribution is 2.09. The average molecular weight is 256 g/mol. The fourth-order valence-corrected chi connectivity index (χ4v) is 1.75. The van der Waals surface area contributed by atoms with Gasteiger partial charge >= 0.3 is 6.09 Å². The van der Waals surface area contributed by atoms with Gasteiger partial charge in [0.1, 0.15) is 0 Å². The number of amides is 1. The molecule has 0 radical (unpaired) electrons. The summed E-state index contributed by atoms with van der Waals surface area (Å²) in [5, 5.41) is 0. The van der Waals surface area contributed by atoms with E-state index in [0.717, 1.165) is 0 Å². The van der Waals surface area contributed by atoms with E-state index in [1.54, 1.807) is 4.90 Å². The number of carbonyl (C=O) groups is 1. The van der Waals surface area contributed by atoms with Crippen molar-refractivity contribution in [1.82, 2.24) is 9.80 Å². The number of hydrogen-bond acceptors (Lipinski definition) is 3. The molecule has 0 aromatic rings. The van der Waals surface area contributed by atoms with Gasteiger partial charge in [-0.25, -0.2) is 9.79 Å². The zero-order valence-electron chi connectivity index (χ0n) is 11.8. The molecule has 0 atom stereocenters. The molecule has 1 heterocycles. The van der Waals surface area contributed by atoms with E-state index in [0.29, 0.717) is 38.7 Å². The van der Waals surface area contributed by atoms with Crippen molar-refractivity contribution in [2.45, 2.75) is 33.2 Å². The van der Waals surface area contributed by atoms with Gasteiger partial charge in [0.25, 0.3) is 0 Å². The first kappa shape index (κ1) is 14.6. The Morgan fingerprint density at radius 1 is 1.22 bits per heavy atom. The number of ether oxygens (including phenoxy) is 1. The van der Waals surface area contributed by atoms with Gasteiger partial charge in [-0.15, -0.1) is 0 Å². The quantitative estimate of drug-likeness (QED) is 0.558. The lowest BCUT2D eigenvalue weighted by Gasteiger charge is -2.35. The molecule has 0 spiro atoms. The van der Waals surface area contributed by atoms with Crippen LogP contribution in [-0.4, -0.2) is 60.2 Å². The zero-order chi connectivity index (χ0) is 13.8. The van der Waals surface area contributed by atoms with E-state index in [-0.39, 0.29) is 11.6 Å². The second-order valence-corrected chi connectivity index (χ2v) is 5.31. The Kier molecular flexibility index (Phi) is 4.81. The van der Waals surface area contributed by atoms with Gasteiger partial charge in [0.15, 0.2) is 5.96 Å². The number of nitrogens with zero attached hydrogens (tertiary/aromatic N) is 3. The van der Waals surface area contributed by atoms with Crippen molar-refractivity contribution >= 4 is 12.1 Å². The number of carbonyl (C=O) groups excluding carboxylic acids is 1. The van der Waals surface area contributed by atoms with Crippen molar-refractivity contribution in [3.63, 3.8) is 0 Å². The predicted octanol–water partition coefficient (Wildman–Crippen LogP) is 0.874. The van der Waals surface area contributed by atoms with E-state index < -0.39 is 0 Å². The number of guanidine groups is 1. The van der Waals surface area contributed by atoms with Gasteiger partial charge in [-0.1, -0.05) is 0 Å². The van der Waals surface area contributed by atoms with Gasteiger partial charge in [-0.05, 0) is 27.7 Å². The average Bonchev–Trinajstić information content (AvgIpc) is 2.27. The largest absolute Gasteiger partial charge is 0.450 e. The predicted molar refractivity (Wildman–Crippen MR) is 71.5 cm³/mol. The fourth-order valence-electron chi connectivity index (χ4n) is 1.75. The lowest BCUT2D eigenvalue weighted by Crippen LogP contribution is -2.53. The molecule has 1 aliphatic heterocycles. The molecule has 1 saturated heterocycles. The molecule has 0 saturated carbocycles. The SMILES string of the molecule is CCOC(=O)N1CCN(C(N)=NC(C)(C)C)CC1. The molecule has 0 bridgehead atoms. The zero-order valence-corrected chi connectivity index (χ0v) is 11.8. The number of piperazine rings is 1. The summed E-state index contributed by atoms with van der Waals surface area (Å²) in [4.78, 5) is 19.7. The third kappa shape index (κ3) is 4.43. The fraction of sp³-hybridized carbons (Fsp3) is 0.833. The summed E-state index contributed by atoms with van der Waals surface area (Å²) in [6.07, 6.45) is -0.247. The lowest BCUT2D eigenvalue weighted by atomic mass is 10.1. The molecule has 104 valence electrons. The van der Waals surface area contributed by atoms with E-state index in [1.807, 2.05) is 32.6 Å². The van der Waals surface area contributed by atoms with E-state index in [2.05, 4.69) is 4.99 Å². The normalized spacial score (nSPS) is 17.9. The molecule has 0 aromatic carbocycles. The standard InChI is InChI=1S/C12H24N4O2/c1-5-18-11(17)16-8-6-15(7-9-16)10(13)14-12(2,3)4/h5-9H2,1-4H3,(H2,13,14). The van der Waals surface area contributed by atoms with Crippen LogP contribution in [0.25, 0.3) is 0 Å². The van der Waals surface area contributed by atoms with Crippen molar-refractivity contribution < 1.29 is 9.53 Å². The Morgan fingerprint density at radius 2 is 1.72 bits per heavy atom. The molecular weight excluding hydrogens is 232 g/mol. The summed E-state index contributed by atoms with van der Waals surface area (Å²) >= 11 is 0. The Bertz CT molecular complexity index is 315. The third-order valence-electron chi connectivity index (χ3n) is 2.58. The molecule has 0 unspecified atom stereocenters. The van der Waals surface area contributed by atoms with Crippen LogP contribution in [0.4, 0.5) is 4.79 Å². The van der Waals surface area contributed by atoms with E-state index in [4.69, 9.17) is 10.5 Å². The molecular formula is C12H24N4O2. The summed E-state index contributed by atoms with van der Waals surface area (Å²) in [5.74, 6) is 0.547. The molecule has 1 aliphatic rings. The maximum atomic E-state index is 11.5. The van der Waals surface area contributed by atoms with Gasteiger partial charge in [0.05, 0.1) is 12.1 Å². The highest BCUT2D eigenvalue weighted by atomic mass is 16.6. The van der Waals surface area contributed by atoms with Crippen LogP contribution in [0.5, 0.6) is 0 Å². The highest BCUT2D eigenvalue weighted by Gasteiger charge is 2.23. The third-order valence-corrected chi connectivity index (χ3v) is 2.58. The lowest BCUT2D eigenvalue weighted by molar-refractivity contribution is 0.0917. The summed E-state index contributed by atoms with van der Waals surface area (Å²) < 4.78 is 4.96. The van der Waals surface area contributed by atoms with Gasteiger partial charge in [0, 0.05) is 26.2 Å². The summed E-state index contributed by atoms with van der Waals surface area (Å²) in [7, 11) is 0. The molecule has 6 heteroatoms. The summed E-state index contributed by atoms with van der Waals surface area (Å²) in [6.45, 7) is 10.9. The first-order chi connectivity index (χ1) is 8.33. The topological polar surface area (TPSA) is 71.2 Å². The molecule has 0 aromatic heterocycles. The maximum absolute atomic E-state index is 11.5. The number of nitrogens with two attached hydrogens (primary N) is 1. The first-order valence-corrected chi connectivity index (χ1v) is 6.35. The van der Waals surface area contributed by atoms with Crippen LogP contribution in [0, 0.1) is 0 Å². The molecule has 6 nitrogen and oxygen atoms in total. The van der Waals surface area contributed by atoms with Crippen LogP contribution in [-0.2, 0) is 4.74 Å². The second-order valence-electron chi connectivity index (χ2n) is 5.31. The minimum atomic E-state index is -0.247. The molecule has 2 N–H and O–H groups in total. The minimum Gasteiger partial charge on any atom is -0.450 e. The van der Waals surface area contributed by atoms with Crippen molar-refractivity contribution in [2.75, 3.05) is 32.8 Å². The number of hydrogen-bond donors (Lipinski definition) is 1. The van der Waals surface area contributed by atoms with Crippen molar-refractivity contribution in [3.8, 4) is 0 Å². The van der Waals surface area contributed by atoms with Gasteiger partial charge in [0.2, 0.25) is 0 Å². The van der Waals surface area contributed by atoms with E-state index in [9.17, 15) is 4.79 Å². The summed E-state index contributed by atoms with van der Waals surface area (Å²) in [5.41, 5.74) is 5.78. The van der Waals surface area contributed by atoms with Crippen LogP contribution in [0.2, 0.25) is 0 Å². The number of aliphatic imine (C=N–C) groups is 1. The van der Waals surface area contributed by atoms with E-state index in [1.165, 1.54) is 0 Å². The van der Waals surface area contributed by atoms with Gasteiger partial charge in [-0.2, -0.15) is 0 Å². The molecule has 1 amide bonds. The van der Waals surface area contributed by atoms with Crippen LogP contribution >= 0.6 is 0 Å². The van der Waals surface area contributed by atoms with Gasteiger partial charge in [-0.3, -0.25) is 0 Å². The van der Waals surface area contributed by atoms with Crippen LogP contribution in [0.1, 0.15) is 27.7 Å². The monoisotopic (exact) mass is 256 g/mol. The van der Waals surface area contributed by atoms with Crippen molar-refractivity contribution in [3.05, 3.63) is 0 Å². The molecule has 18 heavy (non-hydrogen) atoms. The van der Waals surface area contributed by atoms with E-state index >= 15 is 0 Å². The minimum absolute atomic E-state index is 0.178. The smallest absolute Gasteiger partial charge is 0.409 e. The second kappa shape index (κ2) is 5.93. The molecule has 1 fully saturated rings. The highest BCUT2D eigenvalue weighted by molar-refractivity contribution is 5.79. The van der Waals surface area contributed by atoms with Crippen LogP contribution < -0.4 is 5.73 Å². The van der Waals surface area contributed by atoms with Gasteiger partial charge < -0.3 is 20.3 Å². The van der Waals surface area contributed by atoms with Crippen molar-refractivity contribution in [1.29, 1.82) is 0 Å². The van der Waals surface area contributed by atoms with Crippen LogP contribution in [0.15, 0.2) is 4.99 Å². The Labute approximate surface area is 109 Å². The summed E-state index contributed by atoms with van der Waals surface area (Å²) in [6, 6.07) is 0. The Hall–Kier alpha value is -1.46. The molecule has 0 aliphatic carbocycles. The Balaban J connectivity index is 2.49. The first-order valence-electron chi connectivity index (χ1n) is 6.35. The van der Waals surface area contributed by atoms with Crippen molar-refractivity contribution in [2.24, 2.45) is 10.7 Å².